The van der Waals surface area contributed by atoms with Gasteiger partial charge in [-0.15, -0.1) is 0 Å². The van der Waals surface area contributed by atoms with E-state index in [4.69, 9.17) is 0 Å². The third kappa shape index (κ3) is 2.69. The fraction of sp³-hybridized carbons (Fsp3) is 0.267. The normalized spacial score (nSPS) is 17.8. The van der Waals surface area contributed by atoms with E-state index in [1.54, 1.807) is 25.3 Å². The number of benzene rings is 1. The third-order valence-corrected chi connectivity index (χ3v) is 3.66. The second kappa shape index (κ2) is 5.59. The monoisotopic (exact) mass is 302 g/mol. The lowest BCUT2D eigenvalue weighted by Crippen LogP contribution is -2.28. The molecule has 0 aliphatic carbocycles. The van der Waals surface area contributed by atoms with Gasteiger partial charge in [-0.05, 0) is 24.6 Å². The zero-order valence-corrected chi connectivity index (χ0v) is 12.0. The van der Waals surface area contributed by atoms with Crippen LogP contribution in [0.25, 0.3) is 0 Å². The summed E-state index contributed by atoms with van der Waals surface area (Å²) < 4.78 is 14.0. The summed E-state index contributed by atoms with van der Waals surface area (Å²) in [6.45, 7) is 1.95. The van der Waals surface area contributed by atoms with E-state index >= 15 is 0 Å². The minimum absolute atomic E-state index is 0.0665. The lowest BCUT2D eigenvalue weighted by Gasteiger charge is -2.17. The van der Waals surface area contributed by atoms with Gasteiger partial charge in [-0.25, -0.2) is 4.39 Å². The van der Waals surface area contributed by atoms with E-state index in [1.165, 1.54) is 17.2 Å². The number of aromatic amines is 1. The van der Waals surface area contributed by atoms with Crippen LogP contribution in [-0.4, -0.2) is 28.6 Å². The van der Waals surface area contributed by atoms with Crippen molar-refractivity contribution in [3.8, 4) is 0 Å². The maximum absolute atomic E-state index is 14.0. The summed E-state index contributed by atoms with van der Waals surface area (Å²) in [6.07, 6.45) is 3.09. The molecule has 2 aromatic rings. The van der Waals surface area contributed by atoms with Crippen LogP contribution in [0.3, 0.4) is 0 Å². The molecule has 1 aliphatic rings. The lowest BCUT2D eigenvalue weighted by atomic mass is 10.1. The zero-order chi connectivity index (χ0) is 15.7. The maximum Gasteiger partial charge on any atom is 0.229 e. The van der Waals surface area contributed by atoms with E-state index in [1.807, 2.05) is 0 Å². The highest BCUT2D eigenvalue weighted by Gasteiger charge is 2.36. The molecule has 1 fully saturated rings. The first-order valence-corrected chi connectivity index (χ1v) is 6.91. The van der Waals surface area contributed by atoms with Crippen molar-refractivity contribution in [2.45, 2.75) is 13.3 Å². The molecule has 0 bridgehead atoms. The smallest absolute Gasteiger partial charge is 0.229 e. The van der Waals surface area contributed by atoms with E-state index in [2.05, 4.69) is 15.5 Å². The first kappa shape index (κ1) is 14.2. The van der Waals surface area contributed by atoms with Crippen LogP contribution in [0.2, 0.25) is 0 Å². The number of anilines is 2. The van der Waals surface area contributed by atoms with Crippen molar-refractivity contribution in [2.75, 3.05) is 16.8 Å². The minimum Gasteiger partial charge on any atom is -0.323 e. The molecule has 1 aliphatic heterocycles. The SMILES string of the molecule is Cc1ccc(N2CC(C(=O)Nc3cn[nH]c3)CC2=O)c(F)c1. The van der Waals surface area contributed by atoms with Gasteiger partial charge in [0.05, 0.1) is 23.5 Å². The third-order valence-electron chi connectivity index (χ3n) is 3.66. The van der Waals surface area contributed by atoms with Crippen molar-refractivity contribution >= 4 is 23.2 Å². The number of halogens is 1. The van der Waals surface area contributed by atoms with Crippen LogP contribution in [-0.2, 0) is 9.59 Å². The average molecular weight is 302 g/mol. The molecule has 2 heterocycles. The van der Waals surface area contributed by atoms with Crippen LogP contribution in [0.15, 0.2) is 30.6 Å². The van der Waals surface area contributed by atoms with Gasteiger partial charge < -0.3 is 10.2 Å². The molecule has 3 rings (SSSR count). The molecule has 0 saturated carbocycles. The van der Waals surface area contributed by atoms with Gasteiger partial charge in [0.25, 0.3) is 0 Å². The number of rotatable bonds is 3. The molecular formula is C15H15FN4O2. The molecule has 1 saturated heterocycles. The van der Waals surface area contributed by atoms with E-state index < -0.39 is 11.7 Å². The van der Waals surface area contributed by atoms with Gasteiger partial charge in [-0.1, -0.05) is 6.07 Å². The predicted molar refractivity (Wildman–Crippen MR) is 78.8 cm³/mol. The van der Waals surface area contributed by atoms with Crippen molar-refractivity contribution < 1.29 is 14.0 Å². The fourth-order valence-corrected chi connectivity index (χ4v) is 2.51. The fourth-order valence-electron chi connectivity index (χ4n) is 2.51. The summed E-state index contributed by atoms with van der Waals surface area (Å²) in [4.78, 5) is 25.6. The Morgan fingerprint density at radius 1 is 1.50 bits per heavy atom. The highest BCUT2D eigenvalue weighted by atomic mass is 19.1. The van der Waals surface area contributed by atoms with Crippen LogP contribution in [0.5, 0.6) is 0 Å². The predicted octanol–water partition coefficient (Wildman–Crippen LogP) is 1.85. The molecule has 1 aromatic heterocycles. The van der Waals surface area contributed by atoms with Crippen molar-refractivity contribution in [3.63, 3.8) is 0 Å². The van der Waals surface area contributed by atoms with Crippen LogP contribution in [0.1, 0.15) is 12.0 Å². The zero-order valence-electron chi connectivity index (χ0n) is 12.0. The Labute approximate surface area is 126 Å². The molecule has 2 N–H and O–H groups in total. The van der Waals surface area contributed by atoms with E-state index in [0.29, 0.717) is 5.69 Å². The topological polar surface area (TPSA) is 78.1 Å². The van der Waals surface area contributed by atoms with Crippen molar-refractivity contribution in [3.05, 3.63) is 42.0 Å². The molecule has 6 nitrogen and oxygen atoms in total. The van der Waals surface area contributed by atoms with Crippen LogP contribution >= 0.6 is 0 Å². The van der Waals surface area contributed by atoms with E-state index in [9.17, 15) is 14.0 Å². The molecule has 2 amide bonds. The first-order valence-electron chi connectivity index (χ1n) is 6.91. The highest BCUT2D eigenvalue weighted by molar-refractivity contribution is 6.03. The number of carbonyl (C=O) groups is 2. The van der Waals surface area contributed by atoms with E-state index in [0.717, 1.165) is 5.56 Å². The Kier molecular flexibility index (Phi) is 3.62. The Balaban J connectivity index is 1.74. The summed E-state index contributed by atoms with van der Waals surface area (Å²) in [7, 11) is 0. The number of carbonyl (C=O) groups excluding carboxylic acids is 2. The Hall–Kier alpha value is -2.70. The van der Waals surface area contributed by atoms with Crippen LogP contribution in [0, 0.1) is 18.7 Å². The quantitative estimate of drug-likeness (QED) is 0.908. The molecule has 1 unspecified atom stereocenters. The number of nitrogens with zero attached hydrogens (tertiary/aromatic N) is 2. The highest BCUT2D eigenvalue weighted by Crippen LogP contribution is 2.28. The van der Waals surface area contributed by atoms with E-state index in [-0.39, 0.29) is 30.5 Å². The first-order chi connectivity index (χ1) is 10.5. The Morgan fingerprint density at radius 3 is 3.00 bits per heavy atom. The summed E-state index contributed by atoms with van der Waals surface area (Å²) in [5.41, 5.74) is 1.54. The molecule has 0 spiro atoms. The van der Waals surface area contributed by atoms with Crippen molar-refractivity contribution in [1.82, 2.24) is 10.2 Å². The van der Waals surface area contributed by atoms with Gasteiger partial charge >= 0.3 is 0 Å². The number of aryl methyl sites for hydroxylation is 1. The standard InChI is InChI=1S/C15H15FN4O2/c1-9-2-3-13(12(16)4-9)20-8-10(5-14(20)21)15(22)19-11-6-17-18-7-11/h2-4,6-7,10H,5,8H2,1H3,(H,17,18)(H,19,22). The van der Waals surface area contributed by atoms with Crippen molar-refractivity contribution in [1.29, 1.82) is 0 Å². The lowest BCUT2D eigenvalue weighted by molar-refractivity contribution is -0.122. The summed E-state index contributed by atoms with van der Waals surface area (Å²) in [5, 5.41) is 9.00. The summed E-state index contributed by atoms with van der Waals surface area (Å²) >= 11 is 0. The molecule has 0 radical (unpaired) electrons. The van der Waals surface area contributed by atoms with Gasteiger partial charge in [-0.2, -0.15) is 5.10 Å². The number of H-pyrrole nitrogens is 1. The van der Waals surface area contributed by atoms with Crippen LogP contribution < -0.4 is 10.2 Å². The van der Waals surface area contributed by atoms with Crippen LogP contribution in [0.4, 0.5) is 15.8 Å². The second-order valence-electron chi connectivity index (χ2n) is 5.34. The molecule has 1 aromatic carbocycles. The summed E-state index contributed by atoms with van der Waals surface area (Å²) in [5.74, 6) is -1.49. The number of hydrogen-bond acceptors (Lipinski definition) is 3. The molecule has 7 heteroatoms. The van der Waals surface area contributed by atoms with Gasteiger partial charge in [-0.3, -0.25) is 14.7 Å². The summed E-state index contributed by atoms with van der Waals surface area (Å²) in [6, 6.07) is 4.69. The average Bonchev–Trinajstić information content (AvgIpc) is 3.09. The maximum atomic E-state index is 14.0. The number of hydrogen-bond donors (Lipinski definition) is 2. The Bertz CT molecular complexity index is 714. The number of aromatic nitrogens is 2. The van der Waals surface area contributed by atoms with Gasteiger partial charge in [0.1, 0.15) is 5.82 Å². The molecule has 1 atom stereocenters. The van der Waals surface area contributed by atoms with Gasteiger partial charge in [0, 0.05) is 19.2 Å². The van der Waals surface area contributed by atoms with Gasteiger partial charge in [0.15, 0.2) is 0 Å². The largest absolute Gasteiger partial charge is 0.323 e. The van der Waals surface area contributed by atoms with Gasteiger partial charge in [0.2, 0.25) is 11.8 Å². The molecule has 22 heavy (non-hydrogen) atoms. The second-order valence-corrected chi connectivity index (χ2v) is 5.34. The van der Waals surface area contributed by atoms with Crippen molar-refractivity contribution in [2.24, 2.45) is 5.92 Å². The molecular weight excluding hydrogens is 287 g/mol. The number of amides is 2. The minimum atomic E-state index is -0.511. The Morgan fingerprint density at radius 2 is 2.32 bits per heavy atom. The molecule has 114 valence electrons. The number of nitrogens with one attached hydrogen (secondary N) is 2.